The van der Waals surface area contributed by atoms with Crippen LogP contribution in [0.1, 0.15) is 19.3 Å². The van der Waals surface area contributed by atoms with Crippen LogP contribution in [0.15, 0.2) is 16.5 Å². The van der Waals surface area contributed by atoms with E-state index in [0.29, 0.717) is 5.92 Å². The van der Waals surface area contributed by atoms with Crippen LogP contribution in [0.3, 0.4) is 0 Å². The van der Waals surface area contributed by atoms with Crippen molar-refractivity contribution in [2.75, 3.05) is 18.8 Å². The molecule has 3 unspecified atom stereocenters. The summed E-state index contributed by atoms with van der Waals surface area (Å²) in [7, 11) is 0. The van der Waals surface area contributed by atoms with Crippen molar-refractivity contribution in [2.24, 2.45) is 10.9 Å². The number of piperidine rings is 1. The molecule has 0 aromatic carbocycles. The first-order valence-corrected chi connectivity index (χ1v) is 7.65. The summed E-state index contributed by atoms with van der Waals surface area (Å²) >= 11 is 1.78. The lowest BCUT2D eigenvalue weighted by atomic mass is 9.97. The largest absolute Gasteiger partial charge is 0.477 e. The van der Waals surface area contributed by atoms with E-state index < -0.39 is 0 Å². The maximum absolute atomic E-state index is 12.5. The molecule has 5 heteroatoms. The molecule has 3 atom stereocenters. The summed E-state index contributed by atoms with van der Waals surface area (Å²) in [4.78, 5) is 18.7. The van der Waals surface area contributed by atoms with Crippen LogP contribution in [0.4, 0.5) is 0 Å². The Morgan fingerprint density at radius 2 is 2.17 bits per heavy atom. The molecule has 18 heavy (non-hydrogen) atoms. The fourth-order valence-corrected chi connectivity index (χ4v) is 3.70. The van der Waals surface area contributed by atoms with E-state index in [-0.39, 0.29) is 18.1 Å². The van der Waals surface area contributed by atoms with Gasteiger partial charge in [0.05, 0.1) is 0 Å². The van der Waals surface area contributed by atoms with Crippen LogP contribution in [0.25, 0.3) is 0 Å². The quantitative estimate of drug-likeness (QED) is 0.763. The van der Waals surface area contributed by atoms with Crippen molar-refractivity contribution < 1.29 is 9.53 Å². The van der Waals surface area contributed by atoms with Crippen molar-refractivity contribution in [3.63, 3.8) is 0 Å². The number of likely N-dealkylation sites (tertiary alicyclic amines) is 1. The molecule has 3 aliphatic heterocycles. The molecule has 3 rings (SSSR count). The number of thioether (sulfide) groups is 1. The topological polar surface area (TPSA) is 41.9 Å². The Hall–Kier alpha value is -0.970. The Kier molecular flexibility index (Phi) is 3.59. The molecule has 0 aliphatic carbocycles. The molecule has 0 aromatic heterocycles. The third kappa shape index (κ3) is 2.28. The Labute approximate surface area is 111 Å². The molecule has 0 radical (unpaired) electrons. The van der Waals surface area contributed by atoms with Crippen LogP contribution in [0, 0.1) is 5.92 Å². The highest BCUT2D eigenvalue weighted by Crippen LogP contribution is 2.30. The van der Waals surface area contributed by atoms with Gasteiger partial charge < -0.3 is 9.64 Å². The summed E-state index contributed by atoms with van der Waals surface area (Å²) in [6, 6.07) is -0.323. The number of ether oxygens (including phenoxy) is 1. The van der Waals surface area contributed by atoms with Crippen LogP contribution in [0.5, 0.6) is 0 Å². The molecule has 0 aromatic rings. The first-order valence-electron chi connectivity index (χ1n) is 6.60. The molecule has 0 N–H and O–H groups in total. The molecular formula is C13H18N2O2S. The second-order valence-electron chi connectivity index (χ2n) is 5.01. The number of hydrogen-bond donors (Lipinski definition) is 0. The van der Waals surface area contributed by atoms with Gasteiger partial charge in [0, 0.05) is 24.8 Å². The van der Waals surface area contributed by atoms with Gasteiger partial charge in [0.25, 0.3) is 5.91 Å². The fourth-order valence-electron chi connectivity index (χ4n) is 2.75. The van der Waals surface area contributed by atoms with Gasteiger partial charge in [0.1, 0.15) is 6.10 Å². The van der Waals surface area contributed by atoms with Crippen molar-refractivity contribution in [1.29, 1.82) is 0 Å². The zero-order valence-corrected chi connectivity index (χ0v) is 11.1. The van der Waals surface area contributed by atoms with Gasteiger partial charge in [-0.3, -0.25) is 4.79 Å². The van der Waals surface area contributed by atoms with Crippen molar-refractivity contribution in [3.05, 3.63) is 11.5 Å². The zero-order chi connectivity index (χ0) is 12.4. The van der Waals surface area contributed by atoms with Gasteiger partial charge in [-0.15, -0.1) is 11.8 Å². The summed E-state index contributed by atoms with van der Waals surface area (Å²) in [5.41, 5.74) is 0. The number of hydrogen-bond acceptors (Lipinski definition) is 4. The van der Waals surface area contributed by atoms with Crippen molar-refractivity contribution in [3.8, 4) is 0 Å². The highest BCUT2D eigenvalue weighted by atomic mass is 32.2. The molecule has 0 bridgehead atoms. The third-order valence-corrected chi connectivity index (χ3v) is 4.73. The molecule has 0 spiro atoms. The maximum Gasteiger partial charge on any atom is 0.251 e. The monoisotopic (exact) mass is 266 g/mol. The molecule has 1 fully saturated rings. The minimum Gasteiger partial charge on any atom is -0.477 e. The van der Waals surface area contributed by atoms with Gasteiger partial charge in [-0.2, -0.15) is 0 Å². The van der Waals surface area contributed by atoms with Crippen LogP contribution in [-0.2, 0) is 9.53 Å². The van der Waals surface area contributed by atoms with Gasteiger partial charge in [-0.1, -0.05) is 6.08 Å². The summed E-state index contributed by atoms with van der Waals surface area (Å²) in [5.74, 6) is 1.47. The molecule has 1 saturated heterocycles. The molecule has 3 heterocycles. The summed E-state index contributed by atoms with van der Waals surface area (Å²) in [6.07, 6.45) is 6.99. The smallest absolute Gasteiger partial charge is 0.251 e. The van der Waals surface area contributed by atoms with E-state index in [1.807, 2.05) is 4.90 Å². The predicted octanol–water partition coefficient (Wildman–Crippen LogP) is 1.67. The number of rotatable bonds is 2. The van der Waals surface area contributed by atoms with E-state index >= 15 is 0 Å². The van der Waals surface area contributed by atoms with E-state index in [2.05, 4.69) is 16.5 Å². The first kappa shape index (κ1) is 12.1. The Morgan fingerprint density at radius 1 is 1.33 bits per heavy atom. The lowest BCUT2D eigenvalue weighted by Crippen LogP contribution is -2.46. The van der Waals surface area contributed by atoms with E-state index in [9.17, 15) is 4.79 Å². The van der Waals surface area contributed by atoms with Gasteiger partial charge in [0.15, 0.2) is 12.4 Å². The number of carbonyl (C=O) groups excluding carboxylic acids is 1. The maximum atomic E-state index is 12.5. The normalized spacial score (nSPS) is 34.9. The van der Waals surface area contributed by atoms with Gasteiger partial charge in [-0.25, -0.2) is 4.99 Å². The Balaban J connectivity index is 1.67. The van der Waals surface area contributed by atoms with E-state index in [0.717, 1.165) is 31.7 Å². The SMILES string of the molecule is O=C(C1N=COC1C1C=CSC1)N1CCCCC1. The second-order valence-corrected chi connectivity index (χ2v) is 5.95. The number of carbonyl (C=O) groups is 1. The summed E-state index contributed by atoms with van der Waals surface area (Å²) in [6.45, 7) is 1.76. The van der Waals surface area contributed by atoms with E-state index in [4.69, 9.17) is 4.74 Å². The predicted molar refractivity (Wildman–Crippen MR) is 72.7 cm³/mol. The molecule has 4 nitrogen and oxygen atoms in total. The highest BCUT2D eigenvalue weighted by molar-refractivity contribution is 8.02. The zero-order valence-electron chi connectivity index (χ0n) is 10.3. The third-order valence-electron chi connectivity index (χ3n) is 3.80. The van der Waals surface area contributed by atoms with Crippen molar-refractivity contribution in [1.82, 2.24) is 4.90 Å². The fraction of sp³-hybridized carbons (Fsp3) is 0.692. The Morgan fingerprint density at radius 3 is 2.89 bits per heavy atom. The highest BCUT2D eigenvalue weighted by Gasteiger charge is 2.40. The first-order chi connectivity index (χ1) is 8.86. The van der Waals surface area contributed by atoms with Crippen molar-refractivity contribution in [2.45, 2.75) is 31.4 Å². The minimum absolute atomic E-state index is 0.0920. The van der Waals surface area contributed by atoms with Crippen LogP contribution in [0.2, 0.25) is 0 Å². The average Bonchev–Trinajstić information content (AvgIpc) is 3.09. The number of nitrogens with zero attached hydrogens (tertiary/aromatic N) is 2. The standard InChI is InChI=1S/C13H18N2O2S/c16-13(15-5-2-1-3-6-15)11-12(17-9-14-11)10-4-7-18-8-10/h4,7,9-12H,1-3,5-6,8H2. The average molecular weight is 266 g/mol. The second kappa shape index (κ2) is 5.34. The van der Waals surface area contributed by atoms with Crippen LogP contribution >= 0.6 is 11.8 Å². The number of aliphatic imine (C=N–C) groups is 1. The molecular weight excluding hydrogens is 248 g/mol. The minimum atomic E-state index is -0.323. The molecule has 0 saturated carbocycles. The Bertz CT molecular complexity index is 377. The van der Waals surface area contributed by atoms with Crippen LogP contribution < -0.4 is 0 Å². The van der Waals surface area contributed by atoms with Gasteiger partial charge in [-0.05, 0) is 24.7 Å². The van der Waals surface area contributed by atoms with Gasteiger partial charge in [0.2, 0.25) is 0 Å². The summed E-state index contributed by atoms with van der Waals surface area (Å²) in [5, 5.41) is 2.09. The van der Waals surface area contributed by atoms with Gasteiger partial charge >= 0.3 is 0 Å². The summed E-state index contributed by atoms with van der Waals surface area (Å²) < 4.78 is 5.56. The molecule has 3 aliphatic rings. The lowest BCUT2D eigenvalue weighted by molar-refractivity contribution is -0.135. The van der Waals surface area contributed by atoms with Crippen molar-refractivity contribution >= 4 is 24.1 Å². The van der Waals surface area contributed by atoms with E-state index in [1.54, 1.807) is 11.8 Å². The van der Waals surface area contributed by atoms with E-state index in [1.165, 1.54) is 12.8 Å². The molecule has 1 amide bonds. The van der Waals surface area contributed by atoms with Crippen LogP contribution in [-0.4, -0.2) is 48.2 Å². The number of amides is 1. The molecule has 98 valence electrons. The lowest BCUT2D eigenvalue weighted by Gasteiger charge is -2.30.